The Morgan fingerprint density at radius 3 is 2.76 bits per heavy atom. The Bertz CT molecular complexity index is 419. The molecule has 1 aliphatic heterocycles. The van der Waals surface area contributed by atoms with Crippen LogP contribution in [0.1, 0.15) is 11.5 Å². The molecule has 0 saturated carbocycles. The Hall–Kier alpha value is -1.55. The number of carbonyl (C=O) groups is 1. The minimum Gasteiger partial charge on any atom is -0.496 e. The average molecular weight is 235 g/mol. The quantitative estimate of drug-likeness (QED) is 0.861. The van der Waals surface area contributed by atoms with Crippen molar-refractivity contribution in [3.63, 3.8) is 0 Å². The number of nitrogens with zero attached hydrogens (tertiary/aromatic N) is 1. The number of benzene rings is 1. The number of carboxylic acids is 1. The number of ether oxygens (including phenoxy) is 1. The van der Waals surface area contributed by atoms with Crippen molar-refractivity contribution in [3.05, 3.63) is 29.8 Å². The number of hydrogen-bond donors (Lipinski definition) is 1. The molecule has 2 atom stereocenters. The van der Waals surface area contributed by atoms with E-state index in [1.54, 1.807) is 7.11 Å². The summed E-state index contributed by atoms with van der Waals surface area (Å²) in [5, 5.41) is 9.26. The number of methoxy groups -OCH3 is 1. The molecule has 1 N–H and O–H groups in total. The van der Waals surface area contributed by atoms with Crippen LogP contribution in [0.5, 0.6) is 5.75 Å². The predicted octanol–water partition coefficient (Wildman–Crippen LogP) is 1.43. The van der Waals surface area contributed by atoms with E-state index in [1.165, 1.54) is 0 Å². The zero-order valence-corrected chi connectivity index (χ0v) is 10.1. The number of hydrogen-bond acceptors (Lipinski definition) is 3. The lowest BCUT2D eigenvalue weighted by atomic mass is 9.88. The standard InChI is InChI=1S/C13H17NO3/c1-14-7-10(11(8-14)13(15)16)9-5-3-4-6-12(9)17-2/h3-6,10-11H,7-8H2,1-2H3,(H,15,16)/t10-,11+/m1/s1. The van der Waals surface area contributed by atoms with Crippen LogP contribution in [0.4, 0.5) is 0 Å². The molecule has 0 aliphatic carbocycles. The lowest BCUT2D eigenvalue weighted by Gasteiger charge is -2.17. The molecule has 1 fully saturated rings. The number of carboxylic acid groups (broad SMARTS) is 1. The Kier molecular flexibility index (Phi) is 3.33. The van der Waals surface area contributed by atoms with E-state index in [1.807, 2.05) is 31.3 Å². The zero-order valence-electron chi connectivity index (χ0n) is 10.1. The first kappa shape index (κ1) is 11.9. The average Bonchev–Trinajstić information content (AvgIpc) is 2.71. The Morgan fingerprint density at radius 2 is 2.12 bits per heavy atom. The molecule has 1 aromatic carbocycles. The number of aliphatic carboxylic acids is 1. The largest absolute Gasteiger partial charge is 0.496 e. The van der Waals surface area contributed by atoms with Gasteiger partial charge in [0.15, 0.2) is 0 Å². The first-order valence-corrected chi connectivity index (χ1v) is 5.67. The van der Waals surface area contributed by atoms with Crippen molar-refractivity contribution in [3.8, 4) is 5.75 Å². The first-order valence-electron chi connectivity index (χ1n) is 5.67. The molecule has 0 radical (unpaired) electrons. The van der Waals surface area contributed by atoms with Gasteiger partial charge in [-0.1, -0.05) is 18.2 Å². The van der Waals surface area contributed by atoms with Gasteiger partial charge < -0.3 is 14.7 Å². The van der Waals surface area contributed by atoms with Gasteiger partial charge in [0.1, 0.15) is 5.75 Å². The van der Waals surface area contributed by atoms with Gasteiger partial charge >= 0.3 is 5.97 Å². The summed E-state index contributed by atoms with van der Waals surface area (Å²) in [4.78, 5) is 13.3. The topological polar surface area (TPSA) is 49.8 Å². The summed E-state index contributed by atoms with van der Waals surface area (Å²) in [7, 11) is 3.57. The molecule has 0 spiro atoms. The van der Waals surface area contributed by atoms with Crippen LogP contribution in [-0.4, -0.2) is 43.2 Å². The van der Waals surface area contributed by atoms with Crippen molar-refractivity contribution in [1.29, 1.82) is 0 Å². The van der Waals surface area contributed by atoms with E-state index in [-0.39, 0.29) is 11.8 Å². The van der Waals surface area contributed by atoms with Crippen LogP contribution in [0.25, 0.3) is 0 Å². The molecular formula is C13H17NO3. The van der Waals surface area contributed by atoms with Gasteiger partial charge in [0, 0.05) is 19.0 Å². The molecule has 1 aromatic rings. The predicted molar refractivity (Wildman–Crippen MR) is 64.4 cm³/mol. The molecule has 2 rings (SSSR count). The van der Waals surface area contributed by atoms with Gasteiger partial charge in [0.05, 0.1) is 13.0 Å². The van der Waals surface area contributed by atoms with Gasteiger partial charge in [-0.15, -0.1) is 0 Å². The fourth-order valence-electron chi connectivity index (χ4n) is 2.54. The van der Waals surface area contributed by atoms with Crippen LogP contribution in [0.2, 0.25) is 0 Å². The zero-order chi connectivity index (χ0) is 12.4. The molecule has 92 valence electrons. The van der Waals surface area contributed by atoms with E-state index in [4.69, 9.17) is 4.74 Å². The molecule has 0 aromatic heterocycles. The fraction of sp³-hybridized carbons (Fsp3) is 0.462. The van der Waals surface area contributed by atoms with Crippen LogP contribution in [0.3, 0.4) is 0 Å². The van der Waals surface area contributed by atoms with Crippen molar-refractivity contribution < 1.29 is 14.6 Å². The minimum absolute atomic E-state index is 0.00801. The van der Waals surface area contributed by atoms with Crippen molar-refractivity contribution in [2.24, 2.45) is 5.92 Å². The van der Waals surface area contributed by atoms with Crippen molar-refractivity contribution in [2.75, 3.05) is 27.2 Å². The normalized spacial score (nSPS) is 24.8. The van der Waals surface area contributed by atoms with Gasteiger partial charge in [-0.05, 0) is 18.7 Å². The van der Waals surface area contributed by atoms with Crippen LogP contribution in [-0.2, 0) is 4.79 Å². The Balaban J connectivity index is 2.34. The third-order valence-electron chi connectivity index (χ3n) is 3.36. The molecule has 17 heavy (non-hydrogen) atoms. The lowest BCUT2D eigenvalue weighted by molar-refractivity contribution is -0.141. The van der Waals surface area contributed by atoms with Crippen LogP contribution in [0.15, 0.2) is 24.3 Å². The van der Waals surface area contributed by atoms with Gasteiger partial charge in [0.25, 0.3) is 0 Å². The second-order valence-corrected chi connectivity index (χ2v) is 4.51. The van der Waals surface area contributed by atoms with E-state index in [9.17, 15) is 9.90 Å². The monoisotopic (exact) mass is 235 g/mol. The second kappa shape index (κ2) is 4.75. The first-order chi connectivity index (χ1) is 8.13. The maximum atomic E-state index is 11.3. The summed E-state index contributed by atoms with van der Waals surface area (Å²) in [5.74, 6) is -0.297. The minimum atomic E-state index is -0.731. The van der Waals surface area contributed by atoms with Gasteiger partial charge in [-0.3, -0.25) is 4.79 Å². The third kappa shape index (κ3) is 2.26. The summed E-state index contributed by atoms with van der Waals surface area (Å²) in [6, 6.07) is 7.66. The van der Waals surface area contributed by atoms with Gasteiger partial charge in [-0.2, -0.15) is 0 Å². The third-order valence-corrected chi connectivity index (χ3v) is 3.36. The molecule has 1 saturated heterocycles. The molecule has 1 aliphatic rings. The van der Waals surface area contributed by atoms with Crippen molar-refractivity contribution >= 4 is 5.97 Å². The highest BCUT2D eigenvalue weighted by molar-refractivity contribution is 5.72. The molecular weight excluding hydrogens is 218 g/mol. The van der Waals surface area contributed by atoms with Crippen molar-refractivity contribution in [2.45, 2.75) is 5.92 Å². The van der Waals surface area contributed by atoms with E-state index in [0.29, 0.717) is 6.54 Å². The van der Waals surface area contributed by atoms with Crippen LogP contribution < -0.4 is 4.74 Å². The molecule has 0 unspecified atom stereocenters. The van der Waals surface area contributed by atoms with E-state index in [0.717, 1.165) is 17.9 Å². The van der Waals surface area contributed by atoms with Crippen LogP contribution in [0, 0.1) is 5.92 Å². The van der Waals surface area contributed by atoms with E-state index < -0.39 is 5.97 Å². The maximum absolute atomic E-state index is 11.3. The summed E-state index contributed by atoms with van der Waals surface area (Å²) in [6.07, 6.45) is 0. The highest BCUT2D eigenvalue weighted by Gasteiger charge is 2.38. The molecule has 4 nitrogen and oxygen atoms in total. The fourth-order valence-corrected chi connectivity index (χ4v) is 2.54. The van der Waals surface area contributed by atoms with Crippen molar-refractivity contribution in [1.82, 2.24) is 4.90 Å². The van der Waals surface area contributed by atoms with Gasteiger partial charge in [0.2, 0.25) is 0 Å². The number of rotatable bonds is 3. The Labute approximate surface area is 101 Å². The summed E-state index contributed by atoms with van der Waals surface area (Å²) >= 11 is 0. The summed E-state index contributed by atoms with van der Waals surface area (Å²) in [6.45, 7) is 1.36. The summed E-state index contributed by atoms with van der Waals surface area (Å²) in [5.41, 5.74) is 0.992. The van der Waals surface area contributed by atoms with E-state index in [2.05, 4.69) is 4.90 Å². The summed E-state index contributed by atoms with van der Waals surface area (Å²) < 4.78 is 5.31. The molecule has 0 amide bonds. The highest BCUT2D eigenvalue weighted by Crippen LogP contribution is 2.36. The van der Waals surface area contributed by atoms with Gasteiger partial charge in [-0.25, -0.2) is 0 Å². The molecule has 0 bridgehead atoms. The second-order valence-electron chi connectivity index (χ2n) is 4.51. The number of likely N-dealkylation sites (N-methyl/N-ethyl adjacent to an activating group) is 1. The molecule has 4 heteroatoms. The van der Waals surface area contributed by atoms with E-state index >= 15 is 0 Å². The Morgan fingerprint density at radius 1 is 1.41 bits per heavy atom. The lowest BCUT2D eigenvalue weighted by Crippen LogP contribution is -2.21. The maximum Gasteiger partial charge on any atom is 0.308 e. The highest BCUT2D eigenvalue weighted by atomic mass is 16.5. The molecule has 1 heterocycles. The number of likely N-dealkylation sites (tertiary alicyclic amines) is 1. The van der Waals surface area contributed by atoms with Crippen LogP contribution >= 0.6 is 0 Å². The smallest absolute Gasteiger partial charge is 0.308 e. The SMILES string of the molecule is COc1ccccc1[C@H]1CN(C)C[C@@H]1C(=O)O. The number of para-hydroxylation sites is 1.